The lowest BCUT2D eigenvalue weighted by Crippen LogP contribution is -2.07. The van der Waals surface area contributed by atoms with Gasteiger partial charge in [0.1, 0.15) is 12.4 Å². The zero-order chi connectivity index (χ0) is 15.4. The van der Waals surface area contributed by atoms with Gasteiger partial charge >= 0.3 is 5.97 Å². The largest absolute Gasteiger partial charge is 0.457 e. The van der Waals surface area contributed by atoms with Gasteiger partial charge < -0.3 is 10.5 Å². The molecule has 0 saturated carbocycles. The van der Waals surface area contributed by atoms with Crippen LogP contribution in [0.5, 0.6) is 0 Å². The lowest BCUT2D eigenvalue weighted by molar-refractivity contribution is 0.0469. The van der Waals surface area contributed by atoms with E-state index in [9.17, 15) is 9.18 Å². The Morgan fingerprint density at radius 1 is 1.33 bits per heavy atom. The van der Waals surface area contributed by atoms with Crippen LogP contribution in [0, 0.1) is 24.1 Å². The fourth-order valence-electron chi connectivity index (χ4n) is 1.75. The van der Waals surface area contributed by atoms with E-state index in [2.05, 4.69) is 0 Å². The van der Waals surface area contributed by atoms with Crippen molar-refractivity contribution < 1.29 is 13.9 Å². The molecule has 0 amide bonds. The smallest absolute Gasteiger partial charge is 0.338 e. The molecule has 2 aromatic rings. The van der Waals surface area contributed by atoms with Crippen molar-refractivity contribution in [2.24, 2.45) is 0 Å². The van der Waals surface area contributed by atoms with E-state index in [1.165, 1.54) is 24.3 Å². The molecular formula is C16H13FN2O2. The van der Waals surface area contributed by atoms with Crippen molar-refractivity contribution in [1.82, 2.24) is 0 Å². The summed E-state index contributed by atoms with van der Waals surface area (Å²) in [4.78, 5) is 11.9. The van der Waals surface area contributed by atoms with Crippen molar-refractivity contribution in [3.05, 3.63) is 64.5 Å². The topological polar surface area (TPSA) is 76.1 Å². The number of esters is 1. The summed E-state index contributed by atoms with van der Waals surface area (Å²) in [5, 5.41) is 8.77. The summed E-state index contributed by atoms with van der Waals surface area (Å²) in [7, 11) is 0. The number of benzene rings is 2. The van der Waals surface area contributed by atoms with Gasteiger partial charge in [-0.25, -0.2) is 9.18 Å². The van der Waals surface area contributed by atoms with E-state index >= 15 is 0 Å². The summed E-state index contributed by atoms with van der Waals surface area (Å²) >= 11 is 0. The van der Waals surface area contributed by atoms with Gasteiger partial charge in [0.05, 0.1) is 17.2 Å². The molecule has 0 atom stereocenters. The monoisotopic (exact) mass is 284 g/mol. The first-order valence-electron chi connectivity index (χ1n) is 6.23. The van der Waals surface area contributed by atoms with Crippen molar-refractivity contribution in [3.8, 4) is 6.07 Å². The predicted molar refractivity (Wildman–Crippen MR) is 75.8 cm³/mol. The SMILES string of the molecule is Cc1ccc(C(=O)OCc2cc(C#N)ccc2F)cc1N. The highest BCUT2D eigenvalue weighted by atomic mass is 19.1. The first-order valence-corrected chi connectivity index (χ1v) is 6.23. The number of aryl methyl sites for hydroxylation is 1. The predicted octanol–water partition coefficient (Wildman–Crippen LogP) is 2.95. The molecule has 2 N–H and O–H groups in total. The summed E-state index contributed by atoms with van der Waals surface area (Å²) in [6.07, 6.45) is 0. The van der Waals surface area contributed by atoms with Gasteiger partial charge in [-0.05, 0) is 42.8 Å². The molecule has 106 valence electrons. The number of nitrogens with zero attached hydrogens (tertiary/aromatic N) is 1. The maximum atomic E-state index is 13.6. The second-order valence-electron chi connectivity index (χ2n) is 4.57. The van der Waals surface area contributed by atoms with Crippen LogP contribution < -0.4 is 5.73 Å². The minimum atomic E-state index is -0.594. The number of anilines is 1. The third kappa shape index (κ3) is 3.37. The van der Waals surface area contributed by atoms with E-state index in [0.29, 0.717) is 16.8 Å². The number of hydrogen-bond acceptors (Lipinski definition) is 4. The number of ether oxygens (including phenoxy) is 1. The Labute approximate surface area is 121 Å². The zero-order valence-electron chi connectivity index (χ0n) is 11.4. The van der Waals surface area contributed by atoms with Gasteiger partial charge in [-0.15, -0.1) is 0 Å². The molecule has 4 nitrogen and oxygen atoms in total. The molecule has 0 fully saturated rings. The summed E-state index contributed by atoms with van der Waals surface area (Å²) in [5.41, 5.74) is 7.84. The van der Waals surface area contributed by atoms with E-state index in [0.717, 1.165) is 5.56 Å². The molecule has 0 aromatic heterocycles. The molecule has 0 unspecified atom stereocenters. The van der Waals surface area contributed by atoms with Crippen molar-refractivity contribution in [1.29, 1.82) is 5.26 Å². The third-order valence-corrected chi connectivity index (χ3v) is 3.05. The highest BCUT2D eigenvalue weighted by Crippen LogP contribution is 2.16. The normalized spacial score (nSPS) is 9.95. The van der Waals surface area contributed by atoms with Crippen LogP contribution >= 0.6 is 0 Å². The molecule has 2 aromatic carbocycles. The number of carbonyl (C=O) groups is 1. The van der Waals surface area contributed by atoms with E-state index in [1.807, 2.05) is 13.0 Å². The quantitative estimate of drug-likeness (QED) is 0.694. The summed E-state index contributed by atoms with van der Waals surface area (Å²) in [6, 6.07) is 10.6. The highest BCUT2D eigenvalue weighted by Gasteiger charge is 2.11. The number of nitrogen functional groups attached to an aromatic ring is 1. The lowest BCUT2D eigenvalue weighted by Gasteiger charge is -2.07. The minimum Gasteiger partial charge on any atom is -0.457 e. The van der Waals surface area contributed by atoms with Gasteiger partial charge in [0.2, 0.25) is 0 Å². The Hall–Kier alpha value is -2.87. The first-order chi connectivity index (χ1) is 10.0. The Kier molecular flexibility index (Phi) is 4.19. The Bertz CT molecular complexity index is 736. The van der Waals surface area contributed by atoms with Crippen molar-refractivity contribution >= 4 is 11.7 Å². The standard InChI is InChI=1S/C16H13FN2O2/c1-10-2-4-12(7-15(10)19)16(20)21-9-13-6-11(8-18)3-5-14(13)17/h2-7H,9,19H2,1H3. The van der Waals surface area contributed by atoms with Crippen LogP contribution in [-0.4, -0.2) is 5.97 Å². The van der Waals surface area contributed by atoms with E-state index < -0.39 is 11.8 Å². The lowest BCUT2D eigenvalue weighted by atomic mass is 10.1. The molecule has 0 saturated heterocycles. The molecule has 0 aliphatic rings. The molecule has 0 radical (unpaired) electrons. The van der Waals surface area contributed by atoms with Gasteiger partial charge in [0, 0.05) is 11.3 Å². The molecule has 0 aliphatic heterocycles. The van der Waals surface area contributed by atoms with Crippen molar-refractivity contribution in [3.63, 3.8) is 0 Å². The van der Waals surface area contributed by atoms with Gasteiger partial charge in [-0.2, -0.15) is 5.26 Å². The van der Waals surface area contributed by atoms with Gasteiger partial charge in [0.25, 0.3) is 0 Å². The molecule has 0 aliphatic carbocycles. The summed E-state index contributed by atoms with van der Waals surface area (Å²) in [5.74, 6) is -1.12. The van der Waals surface area contributed by atoms with Crippen molar-refractivity contribution in [2.45, 2.75) is 13.5 Å². The summed E-state index contributed by atoms with van der Waals surface area (Å²) in [6.45, 7) is 1.58. The second kappa shape index (κ2) is 6.06. The molecule has 2 rings (SSSR count). The Morgan fingerprint density at radius 2 is 2.10 bits per heavy atom. The molecule has 0 bridgehead atoms. The van der Waals surface area contributed by atoms with Crippen LogP contribution in [0.4, 0.5) is 10.1 Å². The van der Waals surface area contributed by atoms with Crippen LogP contribution in [0.3, 0.4) is 0 Å². The summed E-state index contributed by atoms with van der Waals surface area (Å²) < 4.78 is 18.6. The molecule has 0 heterocycles. The number of nitriles is 1. The number of carbonyl (C=O) groups excluding carboxylic acids is 1. The Balaban J connectivity index is 2.11. The Morgan fingerprint density at radius 3 is 2.76 bits per heavy atom. The highest BCUT2D eigenvalue weighted by molar-refractivity contribution is 5.90. The first kappa shape index (κ1) is 14.5. The van der Waals surface area contributed by atoms with Crippen LogP contribution in [0.2, 0.25) is 0 Å². The van der Waals surface area contributed by atoms with E-state index in [4.69, 9.17) is 15.7 Å². The molecule has 0 spiro atoms. The maximum Gasteiger partial charge on any atom is 0.338 e. The van der Waals surface area contributed by atoms with Crippen LogP contribution in [-0.2, 0) is 11.3 Å². The minimum absolute atomic E-state index is 0.155. The van der Waals surface area contributed by atoms with Gasteiger partial charge in [-0.1, -0.05) is 6.07 Å². The number of rotatable bonds is 3. The zero-order valence-corrected chi connectivity index (χ0v) is 11.4. The molecule has 21 heavy (non-hydrogen) atoms. The van der Waals surface area contributed by atoms with E-state index in [1.54, 1.807) is 12.1 Å². The second-order valence-corrected chi connectivity index (χ2v) is 4.57. The van der Waals surface area contributed by atoms with E-state index in [-0.39, 0.29) is 12.2 Å². The number of hydrogen-bond donors (Lipinski definition) is 1. The average molecular weight is 284 g/mol. The van der Waals surface area contributed by atoms with Crippen molar-refractivity contribution in [2.75, 3.05) is 5.73 Å². The number of halogens is 1. The van der Waals surface area contributed by atoms with Crippen LogP contribution in [0.15, 0.2) is 36.4 Å². The molecule has 5 heteroatoms. The van der Waals surface area contributed by atoms with Gasteiger partial charge in [0.15, 0.2) is 0 Å². The third-order valence-electron chi connectivity index (χ3n) is 3.05. The van der Waals surface area contributed by atoms with Crippen LogP contribution in [0.25, 0.3) is 0 Å². The number of nitrogens with two attached hydrogens (primary N) is 1. The van der Waals surface area contributed by atoms with Gasteiger partial charge in [-0.3, -0.25) is 0 Å². The maximum absolute atomic E-state index is 13.6. The fourth-order valence-corrected chi connectivity index (χ4v) is 1.75. The average Bonchev–Trinajstić information content (AvgIpc) is 2.49. The molecular weight excluding hydrogens is 271 g/mol. The van der Waals surface area contributed by atoms with Crippen LogP contribution in [0.1, 0.15) is 27.0 Å². The fraction of sp³-hybridized carbons (Fsp3) is 0.125.